The van der Waals surface area contributed by atoms with Gasteiger partial charge in [-0.05, 0) is 45.4 Å². The van der Waals surface area contributed by atoms with Crippen LogP contribution in [0.2, 0.25) is 0 Å². The summed E-state index contributed by atoms with van der Waals surface area (Å²) >= 11 is 0. The van der Waals surface area contributed by atoms with Crippen molar-refractivity contribution in [2.24, 2.45) is 17.3 Å². The molecular formula is C26H44O6. The number of hydrogen-bond donors (Lipinski definition) is 1. The number of aliphatic hydroxyl groups excluding tert-OH is 1. The lowest BCUT2D eigenvalue weighted by atomic mass is 9.70. The number of unbranched alkanes of at least 4 members (excludes halogenated alkanes) is 3. The van der Waals surface area contributed by atoms with Gasteiger partial charge >= 0.3 is 11.9 Å². The van der Waals surface area contributed by atoms with Crippen molar-refractivity contribution in [3.8, 4) is 0 Å². The number of carbonyl (C=O) groups is 3. The Morgan fingerprint density at radius 1 is 1.09 bits per heavy atom. The molecule has 1 aliphatic rings. The maximum atomic E-state index is 13.1. The molecule has 0 aliphatic heterocycles. The van der Waals surface area contributed by atoms with Crippen LogP contribution in [0, 0.1) is 17.3 Å². The van der Waals surface area contributed by atoms with E-state index >= 15 is 0 Å². The van der Waals surface area contributed by atoms with Crippen LogP contribution >= 0.6 is 0 Å². The molecular weight excluding hydrogens is 408 g/mol. The molecule has 0 heterocycles. The number of aliphatic hydroxyl groups is 1. The van der Waals surface area contributed by atoms with Crippen LogP contribution in [0.3, 0.4) is 0 Å². The summed E-state index contributed by atoms with van der Waals surface area (Å²) in [7, 11) is 0. The second kappa shape index (κ2) is 15.2. The van der Waals surface area contributed by atoms with Crippen LogP contribution in [0.4, 0.5) is 0 Å². The molecule has 1 N–H and O–H groups in total. The number of rotatable bonds is 16. The van der Waals surface area contributed by atoms with Gasteiger partial charge in [-0.2, -0.15) is 0 Å². The van der Waals surface area contributed by atoms with E-state index in [1.165, 1.54) is 0 Å². The van der Waals surface area contributed by atoms with Crippen LogP contribution in [-0.2, 0) is 23.9 Å². The normalized spacial score (nSPS) is 22.8. The first-order valence-corrected chi connectivity index (χ1v) is 12.5. The molecule has 0 saturated heterocycles. The Morgan fingerprint density at radius 3 is 2.44 bits per heavy atom. The first kappa shape index (κ1) is 28.3. The second-order valence-corrected chi connectivity index (χ2v) is 9.07. The van der Waals surface area contributed by atoms with Gasteiger partial charge in [-0.25, -0.2) is 0 Å². The van der Waals surface area contributed by atoms with Crippen molar-refractivity contribution < 1.29 is 29.0 Å². The Kier molecular flexibility index (Phi) is 13.5. The summed E-state index contributed by atoms with van der Waals surface area (Å²) in [5, 5.41) is 10.3. The summed E-state index contributed by atoms with van der Waals surface area (Å²) in [6.45, 7) is 8.35. The summed E-state index contributed by atoms with van der Waals surface area (Å²) in [6, 6.07) is 0. The van der Waals surface area contributed by atoms with Gasteiger partial charge in [0.15, 0.2) is 5.78 Å². The molecule has 1 rings (SSSR count). The molecule has 32 heavy (non-hydrogen) atoms. The number of ether oxygens (including phenoxy) is 2. The Bertz CT molecular complexity index is 613. The van der Waals surface area contributed by atoms with Crippen molar-refractivity contribution in [2.45, 2.75) is 104 Å². The molecule has 2 unspecified atom stereocenters. The zero-order chi connectivity index (χ0) is 24.0. The molecule has 1 aliphatic carbocycles. The molecule has 0 aromatic carbocycles. The molecule has 0 bridgehead atoms. The highest BCUT2D eigenvalue weighted by Gasteiger charge is 2.55. The minimum atomic E-state index is -1.17. The number of hydrogen-bond acceptors (Lipinski definition) is 6. The zero-order valence-corrected chi connectivity index (χ0v) is 20.6. The van der Waals surface area contributed by atoms with E-state index in [1.54, 1.807) is 19.9 Å². The highest BCUT2D eigenvalue weighted by atomic mass is 16.5. The number of Topliss-reactive ketones (excluding diaryl/α,β-unsaturated/α-hetero) is 1. The highest BCUT2D eigenvalue weighted by molar-refractivity contribution is 6.06. The van der Waals surface area contributed by atoms with E-state index < -0.39 is 17.5 Å². The van der Waals surface area contributed by atoms with Gasteiger partial charge < -0.3 is 14.6 Å². The fourth-order valence-electron chi connectivity index (χ4n) is 4.71. The van der Waals surface area contributed by atoms with Crippen LogP contribution in [0.5, 0.6) is 0 Å². The third-order valence-electron chi connectivity index (χ3n) is 6.43. The smallest absolute Gasteiger partial charge is 0.320 e. The summed E-state index contributed by atoms with van der Waals surface area (Å²) in [5.74, 6) is -0.789. The van der Waals surface area contributed by atoms with Gasteiger partial charge in [-0.3, -0.25) is 14.4 Å². The lowest BCUT2D eigenvalue weighted by Crippen LogP contribution is -2.43. The number of carbonyl (C=O) groups excluding carboxylic acids is 3. The highest BCUT2D eigenvalue weighted by Crippen LogP contribution is 2.47. The van der Waals surface area contributed by atoms with Crippen LogP contribution in [0.15, 0.2) is 12.2 Å². The predicted octanol–water partition coefficient (Wildman–Crippen LogP) is 5.16. The van der Waals surface area contributed by atoms with E-state index in [4.69, 9.17) is 9.47 Å². The maximum absolute atomic E-state index is 13.1. The van der Waals surface area contributed by atoms with E-state index in [9.17, 15) is 19.5 Å². The molecule has 4 atom stereocenters. The van der Waals surface area contributed by atoms with Crippen molar-refractivity contribution in [1.29, 1.82) is 0 Å². The van der Waals surface area contributed by atoms with Crippen molar-refractivity contribution >= 4 is 17.7 Å². The number of esters is 2. The van der Waals surface area contributed by atoms with Gasteiger partial charge in [0.1, 0.15) is 5.41 Å². The molecule has 0 amide bonds. The van der Waals surface area contributed by atoms with Gasteiger partial charge in [0.25, 0.3) is 0 Å². The summed E-state index contributed by atoms with van der Waals surface area (Å²) in [6.07, 6.45) is 11.1. The quantitative estimate of drug-likeness (QED) is 0.150. The van der Waals surface area contributed by atoms with E-state index in [-0.39, 0.29) is 30.2 Å². The molecule has 0 aromatic rings. The molecule has 6 heteroatoms. The standard InChI is InChI=1S/C26H44O6/c1-5-8-9-13-22(27)17-15-21-16-18-23(28)26(21,25(30)32-7-3)19-20(4)12-10-11-14-24(29)31-6-2/h15,17,20-22,27H,5-14,16,18-19H2,1-4H3/t20?,21-,22?,26+/m0/s1. The van der Waals surface area contributed by atoms with Gasteiger partial charge in [0.2, 0.25) is 0 Å². The molecule has 0 aromatic heterocycles. The minimum absolute atomic E-state index is 0.0514. The van der Waals surface area contributed by atoms with E-state index in [1.807, 2.05) is 6.08 Å². The van der Waals surface area contributed by atoms with Crippen LogP contribution in [0.25, 0.3) is 0 Å². The van der Waals surface area contributed by atoms with Gasteiger partial charge in [-0.1, -0.05) is 58.1 Å². The average molecular weight is 453 g/mol. The monoisotopic (exact) mass is 452 g/mol. The molecule has 6 nitrogen and oxygen atoms in total. The molecule has 0 radical (unpaired) electrons. The summed E-state index contributed by atoms with van der Waals surface area (Å²) < 4.78 is 10.3. The third kappa shape index (κ3) is 8.68. The fourth-order valence-corrected chi connectivity index (χ4v) is 4.71. The van der Waals surface area contributed by atoms with E-state index in [2.05, 4.69) is 13.8 Å². The molecule has 0 spiro atoms. The van der Waals surface area contributed by atoms with Gasteiger partial charge in [-0.15, -0.1) is 0 Å². The predicted molar refractivity (Wildman–Crippen MR) is 125 cm³/mol. The van der Waals surface area contributed by atoms with Crippen molar-refractivity contribution in [3.05, 3.63) is 12.2 Å². The van der Waals surface area contributed by atoms with Crippen molar-refractivity contribution in [1.82, 2.24) is 0 Å². The molecule has 1 saturated carbocycles. The topological polar surface area (TPSA) is 89.9 Å². The van der Waals surface area contributed by atoms with Crippen molar-refractivity contribution in [3.63, 3.8) is 0 Å². The maximum Gasteiger partial charge on any atom is 0.320 e. The minimum Gasteiger partial charge on any atom is -0.466 e. The van der Waals surface area contributed by atoms with Crippen LogP contribution < -0.4 is 0 Å². The Balaban J connectivity index is 2.84. The Morgan fingerprint density at radius 2 is 1.78 bits per heavy atom. The van der Waals surface area contributed by atoms with Crippen molar-refractivity contribution in [2.75, 3.05) is 13.2 Å². The van der Waals surface area contributed by atoms with E-state index in [0.29, 0.717) is 38.7 Å². The van der Waals surface area contributed by atoms with Gasteiger partial charge in [0.05, 0.1) is 19.3 Å². The summed E-state index contributed by atoms with van der Waals surface area (Å²) in [4.78, 5) is 37.6. The lowest BCUT2D eigenvalue weighted by Gasteiger charge is -2.33. The third-order valence-corrected chi connectivity index (χ3v) is 6.43. The fraction of sp³-hybridized carbons (Fsp3) is 0.808. The van der Waals surface area contributed by atoms with E-state index in [0.717, 1.165) is 38.5 Å². The average Bonchev–Trinajstić information content (AvgIpc) is 3.06. The Hall–Kier alpha value is -1.69. The number of allylic oxidation sites excluding steroid dienone is 1. The first-order chi connectivity index (χ1) is 15.3. The SMILES string of the molecule is CCCCCC(O)C=C[C@H]1CCC(=O)[C@]1(CC(C)CCCCC(=O)OCC)C(=O)OCC. The Labute approximate surface area is 194 Å². The van der Waals surface area contributed by atoms with Crippen LogP contribution in [-0.4, -0.2) is 42.1 Å². The zero-order valence-electron chi connectivity index (χ0n) is 20.6. The van der Waals surface area contributed by atoms with Gasteiger partial charge in [0, 0.05) is 18.8 Å². The number of ketones is 1. The van der Waals surface area contributed by atoms with Crippen LogP contribution in [0.1, 0.15) is 98.3 Å². The first-order valence-electron chi connectivity index (χ1n) is 12.5. The summed E-state index contributed by atoms with van der Waals surface area (Å²) in [5.41, 5.74) is -1.17. The largest absolute Gasteiger partial charge is 0.466 e. The second-order valence-electron chi connectivity index (χ2n) is 9.07. The lowest BCUT2D eigenvalue weighted by molar-refractivity contribution is -0.162. The molecule has 1 fully saturated rings. The molecule has 184 valence electrons.